The lowest BCUT2D eigenvalue weighted by atomic mass is 10.2. The summed E-state index contributed by atoms with van der Waals surface area (Å²) >= 11 is 7.63. The van der Waals surface area contributed by atoms with Crippen molar-refractivity contribution in [1.29, 1.82) is 0 Å². The zero-order valence-electron chi connectivity index (χ0n) is 11.4. The molecule has 0 spiro atoms. The predicted molar refractivity (Wildman–Crippen MR) is 88.1 cm³/mol. The number of halogens is 1. The number of aromatic amines is 1. The van der Waals surface area contributed by atoms with Gasteiger partial charge >= 0.3 is 0 Å². The molecule has 0 aliphatic carbocycles. The number of hydrogen-bond acceptors (Lipinski definition) is 4. The molecule has 3 N–H and O–H groups in total. The number of imidazole rings is 1. The summed E-state index contributed by atoms with van der Waals surface area (Å²) in [6.45, 7) is 0. The fourth-order valence-electron chi connectivity index (χ4n) is 2.08. The lowest BCUT2D eigenvalue weighted by molar-refractivity contribution is 0.411. The molecule has 4 nitrogen and oxygen atoms in total. The van der Waals surface area contributed by atoms with Crippen LogP contribution in [0.25, 0.3) is 11.0 Å². The third-order valence-corrected chi connectivity index (χ3v) is 4.25. The molecule has 0 bridgehead atoms. The van der Waals surface area contributed by atoms with Crippen LogP contribution in [0.3, 0.4) is 0 Å². The zero-order valence-corrected chi connectivity index (χ0v) is 13.0. The second-order valence-electron chi connectivity index (χ2n) is 4.56. The Morgan fingerprint density at radius 1 is 1.29 bits per heavy atom. The minimum Gasteiger partial charge on any atom is -0.496 e. The fraction of sp³-hybridized carbons (Fsp3) is 0.133. The Kier molecular flexibility index (Phi) is 3.94. The van der Waals surface area contributed by atoms with Gasteiger partial charge in [-0.1, -0.05) is 23.4 Å². The number of methoxy groups -OCH3 is 1. The van der Waals surface area contributed by atoms with Crippen LogP contribution in [0.1, 0.15) is 5.56 Å². The zero-order chi connectivity index (χ0) is 14.8. The van der Waals surface area contributed by atoms with E-state index in [9.17, 15) is 0 Å². The van der Waals surface area contributed by atoms with Crippen LogP contribution in [-0.2, 0) is 5.75 Å². The number of benzene rings is 2. The average molecular weight is 320 g/mol. The third-order valence-electron chi connectivity index (χ3n) is 3.09. The molecule has 0 atom stereocenters. The number of nitrogens with one attached hydrogen (secondary N) is 1. The quantitative estimate of drug-likeness (QED) is 0.561. The molecule has 21 heavy (non-hydrogen) atoms. The largest absolute Gasteiger partial charge is 0.496 e. The van der Waals surface area contributed by atoms with Gasteiger partial charge in [0.15, 0.2) is 5.16 Å². The molecule has 108 valence electrons. The van der Waals surface area contributed by atoms with E-state index in [0.717, 1.165) is 38.9 Å². The van der Waals surface area contributed by atoms with E-state index in [-0.39, 0.29) is 0 Å². The summed E-state index contributed by atoms with van der Waals surface area (Å²) in [7, 11) is 1.65. The van der Waals surface area contributed by atoms with E-state index in [1.165, 1.54) is 0 Å². The van der Waals surface area contributed by atoms with Crippen molar-refractivity contribution in [2.45, 2.75) is 10.9 Å². The number of nitrogens with zero attached hydrogens (tertiary/aromatic N) is 1. The maximum atomic E-state index is 6.04. The van der Waals surface area contributed by atoms with Crippen LogP contribution in [0.4, 0.5) is 5.69 Å². The first kappa shape index (κ1) is 14.1. The van der Waals surface area contributed by atoms with Crippen molar-refractivity contribution in [3.05, 3.63) is 47.0 Å². The standard InChI is InChI=1S/C15H14ClN3OS/c1-20-14-5-2-10(16)6-9(14)8-21-15-18-12-4-3-11(17)7-13(12)19-15/h2-7H,8,17H2,1H3,(H,18,19). The Labute approximate surface area is 131 Å². The maximum absolute atomic E-state index is 6.04. The van der Waals surface area contributed by atoms with Crippen LogP contribution in [0.5, 0.6) is 5.75 Å². The summed E-state index contributed by atoms with van der Waals surface area (Å²) in [6, 6.07) is 11.2. The number of anilines is 1. The van der Waals surface area contributed by atoms with Crippen LogP contribution in [0.15, 0.2) is 41.6 Å². The smallest absolute Gasteiger partial charge is 0.166 e. The summed E-state index contributed by atoms with van der Waals surface area (Å²) in [5, 5.41) is 1.54. The van der Waals surface area contributed by atoms with Crippen molar-refractivity contribution in [2.24, 2.45) is 0 Å². The van der Waals surface area contributed by atoms with Gasteiger partial charge in [0.1, 0.15) is 5.75 Å². The van der Waals surface area contributed by atoms with Crippen LogP contribution >= 0.6 is 23.4 Å². The van der Waals surface area contributed by atoms with Gasteiger partial charge in [-0.2, -0.15) is 0 Å². The molecule has 0 saturated carbocycles. The predicted octanol–water partition coefficient (Wildman–Crippen LogP) is 4.10. The minimum absolute atomic E-state index is 0.698. The highest BCUT2D eigenvalue weighted by atomic mass is 35.5. The van der Waals surface area contributed by atoms with Gasteiger partial charge in [-0.25, -0.2) is 4.98 Å². The SMILES string of the molecule is COc1ccc(Cl)cc1CSc1nc2ccc(N)cc2[nH]1. The Morgan fingerprint density at radius 2 is 2.14 bits per heavy atom. The summed E-state index contributed by atoms with van der Waals surface area (Å²) in [6.07, 6.45) is 0. The van der Waals surface area contributed by atoms with E-state index >= 15 is 0 Å². The second kappa shape index (κ2) is 5.87. The number of ether oxygens (including phenoxy) is 1. The maximum Gasteiger partial charge on any atom is 0.166 e. The first-order valence-electron chi connectivity index (χ1n) is 6.36. The van der Waals surface area contributed by atoms with Crippen molar-refractivity contribution in [1.82, 2.24) is 9.97 Å². The van der Waals surface area contributed by atoms with Crippen molar-refractivity contribution in [3.63, 3.8) is 0 Å². The normalized spacial score (nSPS) is 11.0. The van der Waals surface area contributed by atoms with Crippen LogP contribution in [0, 0.1) is 0 Å². The molecule has 0 radical (unpaired) electrons. The first-order chi connectivity index (χ1) is 10.2. The molecule has 3 rings (SSSR count). The number of rotatable bonds is 4. The van der Waals surface area contributed by atoms with Crippen molar-refractivity contribution < 1.29 is 4.74 Å². The summed E-state index contributed by atoms with van der Waals surface area (Å²) in [5.41, 5.74) is 9.37. The van der Waals surface area contributed by atoms with Gasteiger partial charge in [-0.05, 0) is 36.4 Å². The van der Waals surface area contributed by atoms with Gasteiger partial charge in [0.05, 0.1) is 18.1 Å². The number of nitrogen functional groups attached to an aromatic ring is 1. The molecule has 0 amide bonds. The van der Waals surface area contributed by atoms with Crippen LogP contribution in [0.2, 0.25) is 5.02 Å². The minimum atomic E-state index is 0.698. The summed E-state index contributed by atoms with van der Waals surface area (Å²) < 4.78 is 5.34. The van der Waals surface area contributed by atoms with Crippen molar-refractivity contribution in [3.8, 4) is 5.75 Å². The molecule has 0 unspecified atom stereocenters. The van der Waals surface area contributed by atoms with E-state index in [4.69, 9.17) is 22.1 Å². The van der Waals surface area contributed by atoms with Gasteiger partial charge in [-0.15, -0.1) is 0 Å². The fourth-order valence-corrected chi connectivity index (χ4v) is 3.14. The first-order valence-corrected chi connectivity index (χ1v) is 7.72. The number of aromatic nitrogens is 2. The van der Waals surface area contributed by atoms with E-state index in [2.05, 4.69) is 9.97 Å². The topological polar surface area (TPSA) is 63.9 Å². The van der Waals surface area contributed by atoms with Crippen molar-refractivity contribution >= 4 is 40.1 Å². The lowest BCUT2D eigenvalue weighted by Crippen LogP contribution is -1.90. The Hall–Kier alpha value is -1.85. The van der Waals surface area contributed by atoms with E-state index in [1.54, 1.807) is 18.9 Å². The van der Waals surface area contributed by atoms with Crippen molar-refractivity contribution in [2.75, 3.05) is 12.8 Å². The number of fused-ring (bicyclic) bond motifs is 1. The van der Waals surface area contributed by atoms with Gasteiger partial charge in [0, 0.05) is 22.0 Å². The number of thioether (sulfide) groups is 1. The molecule has 1 heterocycles. The molecule has 1 aromatic heterocycles. The lowest BCUT2D eigenvalue weighted by Gasteiger charge is -2.07. The van der Waals surface area contributed by atoms with Crippen LogP contribution < -0.4 is 10.5 Å². The molecule has 0 saturated heterocycles. The number of nitrogens with two attached hydrogens (primary N) is 1. The molecular weight excluding hydrogens is 306 g/mol. The Morgan fingerprint density at radius 3 is 2.95 bits per heavy atom. The molecule has 3 aromatic rings. The highest BCUT2D eigenvalue weighted by Crippen LogP contribution is 2.30. The molecule has 0 aliphatic rings. The Bertz CT molecular complexity index is 788. The molecule has 6 heteroatoms. The highest BCUT2D eigenvalue weighted by Gasteiger charge is 2.08. The van der Waals surface area contributed by atoms with Gasteiger partial charge in [0.25, 0.3) is 0 Å². The average Bonchev–Trinajstić information content (AvgIpc) is 2.87. The highest BCUT2D eigenvalue weighted by molar-refractivity contribution is 7.98. The summed E-state index contributed by atoms with van der Waals surface area (Å²) in [5.74, 6) is 1.55. The molecule has 0 fully saturated rings. The molecular formula is C15H14ClN3OS. The van der Waals surface area contributed by atoms with Gasteiger partial charge < -0.3 is 15.5 Å². The summed E-state index contributed by atoms with van der Waals surface area (Å²) in [4.78, 5) is 7.78. The van der Waals surface area contributed by atoms with E-state index in [0.29, 0.717) is 5.02 Å². The van der Waals surface area contributed by atoms with Gasteiger partial charge in [0.2, 0.25) is 0 Å². The Balaban J connectivity index is 1.81. The van der Waals surface area contributed by atoms with E-state index < -0.39 is 0 Å². The monoisotopic (exact) mass is 319 g/mol. The van der Waals surface area contributed by atoms with Gasteiger partial charge in [-0.3, -0.25) is 0 Å². The molecule has 0 aliphatic heterocycles. The number of hydrogen-bond donors (Lipinski definition) is 2. The van der Waals surface area contributed by atoms with E-state index in [1.807, 2.05) is 36.4 Å². The number of H-pyrrole nitrogens is 1. The van der Waals surface area contributed by atoms with Crippen LogP contribution in [-0.4, -0.2) is 17.1 Å². The molecule has 2 aromatic carbocycles. The third kappa shape index (κ3) is 3.09. The second-order valence-corrected chi connectivity index (χ2v) is 5.96.